The van der Waals surface area contributed by atoms with E-state index < -0.39 is 0 Å². The Bertz CT molecular complexity index is 350. The van der Waals surface area contributed by atoms with Crippen LogP contribution >= 0.6 is 23.5 Å². The molecule has 1 aliphatic heterocycles. The molecule has 0 aromatic heterocycles. The molecule has 0 aliphatic carbocycles. The summed E-state index contributed by atoms with van der Waals surface area (Å²) in [6.07, 6.45) is 1.75. The van der Waals surface area contributed by atoms with E-state index in [0.717, 1.165) is 12.8 Å². The maximum Gasteiger partial charge on any atom is 0.163 e. The zero-order valence-electron chi connectivity index (χ0n) is 8.00. The molecule has 0 amide bonds. The fraction of sp³-hybridized carbons (Fsp3) is 0.400. The van der Waals surface area contributed by atoms with Gasteiger partial charge in [0.2, 0.25) is 0 Å². The van der Waals surface area contributed by atoms with Crippen LogP contribution in [0.3, 0.4) is 0 Å². The lowest BCUT2D eigenvalue weighted by molar-refractivity contribution is 0.274. The predicted octanol–water partition coefficient (Wildman–Crippen LogP) is 3.62. The first kappa shape index (κ1) is 10.9. The van der Waals surface area contributed by atoms with E-state index in [1.54, 1.807) is 12.1 Å². The van der Waals surface area contributed by atoms with Crippen molar-refractivity contribution in [1.82, 2.24) is 0 Å². The highest BCUT2D eigenvalue weighted by Crippen LogP contribution is 2.37. The molecular weight excluding hydrogens is 237 g/mol. The Hall–Kier alpha value is -0.610. The van der Waals surface area contributed by atoms with Crippen molar-refractivity contribution in [3.05, 3.63) is 24.0 Å². The minimum atomic E-state index is -0.282. The molecule has 1 atom stereocenters. The zero-order chi connectivity index (χ0) is 10.7. The summed E-state index contributed by atoms with van der Waals surface area (Å²) in [5.74, 6) is 0.917. The lowest BCUT2D eigenvalue weighted by Gasteiger charge is -2.26. The largest absolute Gasteiger partial charge is 0.476 e. The molecule has 1 aliphatic rings. The Labute approximate surface area is 97.3 Å². The van der Waals surface area contributed by atoms with Gasteiger partial charge in [0, 0.05) is 5.88 Å². The number of para-hydroxylation sites is 1. The van der Waals surface area contributed by atoms with Gasteiger partial charge in [-0.15, -0.1) is 11.6 Å². The summed E-state index contributed by atoms with van der Waals surface area (Å²) < 4.78 is 21.9. The van der Waals surface area contributed by atoms with Gasteiger partial charge in [0.15, 0.2) is 11.3 Å². The van der Waals surface area contributed by atoms with Gasteiger partial charge in [-0.1, -0.05) is 6.07 Å². The first-order valence-electron chi connectivity index (χ1n) is 4.74. The van der Waals surface area contributed by atoms with Crippen LogP contribution in [0.4, 0.5) is 10.1 Å². The lowest BCUT2D eigenvalue weighted by Crippen LogP contribution is -2.20. The van der Waals surface area contributed by atoms with E-state index in [0.29, 0.717) is 17.3 Å². The molecule has 2 rings (SSSR count). The number of rotatable bonds is 3. The molecule has 0 saturated heterocycles. The quantitative estimate of drug-likeness (QED) is 0.651. The first-order chi connectivity index (χ1) is 7.31. The summed E-state index contributed by atoms with van der Waals surface area (Å²) in [5.41, 5.74) is 0.447. The minimum absolute atomic E-state index is 0.0121. The average Bonchev–Trinajstić information content (AvgIpc) is 2.26. The number of fused-ring (bicyclic) bond motifs is 1. The Balaban J connectivity index is 2.07. The Kier molecular flexibility index (Phi) is 3.59. The molecule has 15 heavy (non-hydrogen) atoms. The molecular formula is C10H11ClFNOS. The van der Waals surface area contributed by atoms with E-state index in [9.17, 15) is 4.39 Å². The van der Waals surface area contributed by atoms with Gasteiger partial charge < -0.3 is 9.46 Å². The average molecular weight is 248 g/mol. The third-order valence-electron chi connectivity index (χ3n) is 2.10. The molecule has 0 bridgehead atoms. The second kappa shape index (κ2) is 4.94. The van der Waals surface area contributed by atoms with Crippen LogP contribution in [0, 0.1) is 5.82 Å². The maximum absolute atomic E-state index is 13.3. The maximum atomic E-state index is 13.3. The minimum Gasteiger partial charge on any atom is -0.476 e. The fourth-order valence-corrected chi connectivity index (χ4v) is 2.39. The zero-order valence-corrected chi connectivity index (χ0v) is 9.58. The van der Waals surface area contributed by atoms with Crippen molar-refractivity contribution in [3.8, 4) is 5.75 Å². The standard InChI is InChI=1S/C10H11ClFNOS/c11-6-2-5-9-14-8-4-1-3-7(12)10(8)13-15-9/h1,3-4,9,13H,2,5-6H2. The summed E-state index contributed by atoms with van der Waals surface area (Å²) in [4.78, 5) is 0. The summed E-state index contributed by atoms with van der Waals surface area (Å²) >= 11 is 6.99. The third-order valence-corrected chi connectivity index (χ3v) is 3.28. The van der Waals surface area contributed by atoms with E-state index >= 15 is 0 Å². The topological polar surface area (TPSA) is 21.3 Å². The number of alkyl halides is 1. The number of halogens is 2. The van der Waals surface area contributed by atoms with Gasteiger partial charge in [0.1, 0.15) is 11.4 Å². The molecule has 0 spiro atoms. The van der Waals surface area contributed by atoms with E-state index in [-0.39, 0.29) is 11.3 Å². The summed E-state index contributed by atoms with van der Waals surface area (Å²) in [6.45, 7) is 0. The van der Waals surface area contributed by atoms with Gasteiger partial charge in [-0.25, -0.2) is 4.39 Å². The highest BCUT2D eigenvalue weighted by molar-refractivity contribution is 8.01. The van der Waals surface area contributed by atoms with Gasteiger partial charge in [-0.2, -0.15) is 0 Å². The van der Waals surface area contributed by atoms with Crippen LogP contribution in [0.15, 0.2) is 18.2 Å². The van der Waals surface area contributed by atoms with E-state index in [2.05, 4.69) is 4.72 Å². The highest BCUT2D eigenvalue weighted by atomic mass is 35.5. The summed E-state index contributed by atoms with van der Waals surface area (Å²) in [7, 11) is 0. The molecule has 5 heteroatoms. The first-order valence-corrected chi connectivity index (χ1v) is 6.15. The Morgan fingerprint density at radius 3 is 3.20 bits per heavy atom. The van der Waals surface area contributed by atoms with Gasteiger partial charge in [-0.05, 0) is 36.9 Å². The number of hydrogen-bond acceptors (Lipinski definition) is 3. The van der Waals surface area contributed by atoms with Crippen molar-refractivity contribution in [3.63, 3.8) is 0 Å². The van der Waals surface area contributed by atoms with Crippen molar-refractivity contribution >= 4 is 29.2 Å². The van der Waals surface area contributed by atoms with Gasteiger partial charge in [-0.3, -0.25) is 0 Å². The van der Waals surface area contributed by atoms with Crippen molar-refractivity contribution < 1.29 is 9.13 Å². The van der Waals surface area contributed by atoms with E-state index in [4.69, 9.17) is 16.3 Å². The van der Waals surface area contributed by atoms with Crippen molar-refractivity contribution in [1.29, 1.82) is 0 Å². The van der Waals surface area contributed by atoms with Crippen molar-refractivity contribution in [2.24, 2.45) is 0 Å². The number of ether oxygens (including phenoxy) is 1. The van der Waals surface area contributed by atoms with E-state index in [1.807, 2.05) is 0 Å². The second-order valence-electron chi connectivity index (χ2n) is 3.21. The SMILES string of the molecule is Fc1cccc2c1NSC(CCCCl)O2. The van der Waals surface area contributed by atoms with Crippen molar-refractivity contribution in [2.75, 3.05) is 10.6 Å². The van der Waals surface area contributed by atoms with Crippen LogP contribution in [0.25, 0.3) is 0 Å². The van der Waals surface area contributed by atoms with Gasteiger partial charge in [0.25, 0.3) is 0 Å². The van der Waals surface area contributed by atoms with E-state index in [1.165, 1.54) is 18.0 Å². The second-order valence-corrected chi connectivity index (χ2v) is 4.56. The molecule has 1 heterocycles. The predicted molar refractivity (Wildman–Crippen MR) is 62.0 cm³/mol. The molecule has 2 nitrogen and oxygen atoms in total. The van der Waals surface area contributed by atoms with Gasteiger partial charge >= 0.3 is 0 Å². The third kappa shape index (κ3) is 2.49. The molecule has 0 saturated carbocycles. The molecule has 1 aromatic rings. The molecule has 0 radical (unpaired) electrons. The number of anilines is 1. The number of hydrogen-bond donors (Lipinski definition) is 1. The fourth-order valence-electron chi connectivity index (χ4n) is 1.35. The molecule has 82 valence electrons. The van der Waals surface area contributed by atoms with Gasteiger partial charge in [0.05, 0.1) is 0 Å². The van der Waals surface area contributed by atoms with Crippen LogP contribution in [-0.4, -0.2) is 11.3 Å². The molecule has 0 fully saturated rings. The summed E-state index contributed by atoms with van der Waals surface area (Å²) in [6, 6.07) is 4.82. The molecule has 1 unspecified atom stereocenters. The summed E-state index contributed by atoms with van der Waals surface area (Å²) in [5, 5.41) is 0. The van der Waals surface area contributed by atoms with Crippen molar-refractivity contribution in [2.45, 2.75) is 18.3 Å². The van der Waals surface area contributed by atoms with Crippen LogP contribution in [-0.2, 0) is 0 Å². The Morgan fingerprint density at radius 1 is 1.53 bits per heavy atom. The van der Waals surface area contributed by atoms with Crippen LogP contribution in [0.2, 0.25) is 0 Å². The number of benzene rings is 1. The molecule has 1 aromatic carbocycles. The van der Waals surface area contributed by atoms with Crippen LogP contribution in [0.1, 0.15) is 12.8 Å². The van der Waals surface area contributed by atoms with Crippen LogP contribution < -0.4 is 9.46 Å². The number of nitrogens with one attached hydrogen (secondary N) is 1. The smallest absolute Gasteiger partial charge is 0.163 e. The Morgan fingerprint density at radius 2 is 2.40 bits per heavy atom. The normalized spacial score (nSPS) is 18.9. The molecule has 1 N–H and O–H groups in total. The van der Waals surface area contributed by atoms with Crippen LogP contribution in [0.5, 0.6) is 5.75 Å². The monoisotopic (exact) mass is 247 g/mol. The lowest BCUT2D eigenvalue weighted by atomic mass is 10.3. The highest BCUT2D eigenvalue weighted by Gasteiger charge is 2.21.